The van der Waals surface area contributed by atoms with Gasteiger partial charge in [-0.15, -0.1) is 11.3 Å². The van der Waals surface area contributed by atoms with Crippen molar-refractivity contribution in [3.8, 4) is 0 Å². The average molecular weight is 384 g/mol. The van der Waals surface area contributed by atoms with E-state index in [1.54, 1.807) is 26.9 Å². The molecule has 3 aromatic rings. The molecule has 2 aromatic heterocycles. The number of carbonyl (C=O) groups is 1. The summed E-state index contributed by atoms with van der Waals surface area (Å²) in [6.45, 7) is 2.21. The molecule has 5 rings (SSSR count). The maximum absolute atomic E-state index is 13.9. The molecular formula is C19H17FN4O2S. The Labute approximate surface area is 158 Å². The number of nitrogens with zero attached hydrogens (tertiary/aromatic N) is 3. The summed E-state index contributed by atoms with van der Waals surface area (Å²) < 4.78 is 15.5. The molecule has 0 aliphatic carbocycles. The predicted molar refractivity (Wildman–Crippen MR) is 99.4 cm³/mol. The minimum absolute atomic E-state index is 0.216. The fourth-order valence-corrected chi connectivity index (χ4v) is 5.13. The highest BCUT2D eigenvalue weighted by Gasteiger charge is 2.47. The summed E-state index contributed by atoms with van der Waals surface area (Å²) in [5.74, 6) is 0.0206. The van der Waals surface area contributed by atoms with E-state index >= 15 is 0 Å². The van der Waals surface area contributed by atoms with E-state index in [1.807, 2.05) is 6.07 Å². The number of likely N-dealkylation sites (tertiary alicyclic amines) is 1. The Morgan fingerprint density at radius 3 is 3.04 bits per heavy atom. The topological polar surface area (TPSA) is 66.7 Å². The van der Waals surface area contributed by atoms with E-state index in [9.17, 15) is 14.0 Å². The monoisotopic (exact) mass is 384 g/mol. The molecule has 0 unspecified atom stereocenters. The van der Waals surface area contributed by atoms with E-state index in [-0.39, 0.29) is 23.7 Å². The second kappa shape index (κ2) is 6.24. The Morgan fingerprint density at radius 2 is 2.19 bits per heavy atom. The molecule has 2 fully saturated rings. The van der Waals surface area contributed by atoms with Gasteiger partial charge in [0, 0.05) is 43.2 Å². The van der Waals surface area contributed by atoms with Gasteiger partial charge in [0.15, 0.2) is 4.96 Å². The predicted octanol–water partition coefficient (Wildman–Crippen LogP) is 1.93. The van der Waals surface area contributed by atoms with Crippen molar-refractivity contribution in [2.75, 3.05) is 19.6 Å². The zero-order valence-electron chi connectivity index (χ0n) is 14.3. The van der Waals surface area contributed by atoms with Crippen molar-refractivity contribution in [1.29, 1.82) is 0 Å². The molecule has 27 heavy (non-hydrogen) atoms. The van der Waals surface area contributed by atoms with Crippen LogP contribution in [0, 0.1) is 17.7 Å². The van der Waals surface area contributed by atoms with Crippen LogP contribution in [-0.2, 0) is 0 Å². The number of nitrogens with one attached hydrogen (secondary N) is 1. The molecule has 8 heteroatoms. The van der Waals surface area contributed by atoms with Gasteiger partial charge in [0.05, 0.1) is 6.04 Å². The number of amides is 1. The van der Waals surface area contributed by atoms with Gasteiger partial charge >= 0.3 is 0 Å². The van der Waals surface area contributed by atoms with E-state index in [4.69, 9.17) is 0 Å². The van der Waals surface area contributed by atoms with Gasteiger partial charge in [-0.3, -0.25) is 14.0 Å². The highest BCUT2D eigenvalue weighted by molar-refractivity contribution is 7.15. The van der Waals surface area contributed by atoms with Gasteiger partial charge in [0.1, 0.15) is 11.5 Å². The lowest BCUT2D eigenvalue weighted by molar-refractivity contribution is 0.0706. The van der Waals surface area contributed by atoms with Crippen molar-refractivity contribution < 1.29 is 9.18 Å². The van der Waals surface area contributed by atoms with E-state index in [0.717, 1.165) is 18.7 Å². The molecule has 0 bridgehead atoms. The number of hydrogen-bond donors (Lipinski definition) is 1. The number of thiazole rings is 1. The third-order valence-electron chi connectivity index (χ3n) is 5.55. The Morgan fingerprint density at radius 1 is 1.30 bits per heavy atom. The molecule has 138 valence electrons. The van der Waals surface area contributed by atoms with Gasteiger partial charge in [-0.25, -0.2) is 4.39 Å². The summed E-state index contributed by atoms with van der Waals surface area (Å²) in [4.78, 5) is 31.6. The van der Waals surface area contributed by atoms with Crippen molar-refractivity contribution in [1.82, 2.24) is 19.6 Å². The van der Waals surface area contributed by atoms with Crippen LogP contribution in [0.25, 0.3) is 4.96 Å². The minimum Gasteiger partial charge on any atom is -0.330 e. The average Bonchev–Trinajstić information content (AvgIpc) is 3.35. The van der Waals surface area contributed by atoms with E-state index in [0.29, 0.717) is 23.1 Å². The molecule has 4 heterocycles. The zero-order chi connectivity index (χ0) is 18.5. The molecule has 0 radical (unpaired) electrons. The van der Waals surface area contributed by atoms with Crippen LogP contribution in [0.3, 0.4) is 0 Å². The molecule has 2 aliphatic rings. The first kappa shape index (κ1) is 16.6. The Bertz CT molecular complexity index is 1090. The molecule has 3 atom stereocenters. The quantitative estimate of drug-likeness (QED) is 0.733. The van der Waals surface area contributed by atoms with Crippen LogP contribution in [0.5, 0.6) is 0 Å². The van der Waals surface area contributed by atoms with Crippen molar-refractivity contribution in [3.63, 3.8) is 0 Å². The number of halogens is 1. The molecule has 1 aromatic carbocycles. The van der Waals surface area contributed by atoms with Crippen molar-refractivity contribution in [3.05, 3.63) is 69.3 Å². The second-order valence-corrected chi connectivity index (χ2v) is 7.95. The molecule has 0 spiro atoms. The lowest BCUT2D eigenvalue weighted by Crippen LogP contribution is -2.36. The number of hydrogen-bond acceptors (Lipinski definition) is 5. The number of fused-ring (bicyclic) bond motifs is 2. The van der Waals surface area contributed by atoms with Gasteiger partial charge < -0.3 is 10.2 Å². The van der Waals surface area contributed by atoms with E-state index < -0.39 is 5.56 Å². The number of rotatable bonds is 2. The SMILES string of the molecule is O=C(c1cc(=O)nc2sccn12)N1C[C@@H]2CNC[C@@H]2[C@@H]1c1cccc(F)c1. The van der Waals surface area contributed by atoms with Gasteiger partial charge in [0.2, 0.25) is 0 Å². The molecule has 2 aliphatic heterocycles. The van der Waals surface area contributed by atoms with Crippen molar-refractivity contribution in [2.45, 2.75) is 6.04 Å². The molecular weight excluding hydrogens is 367 g/mol. The molecule has 1 amide bonds. The summed E-state index contributed by atoms with van der Waals surface area (Å²) >= 11 is 1.31. The lowest BCUT2D eigenvalue weighted by atomic mass is 9.89. The highest BCUT2D eigenvalue weighted by Crippen LogP contribution is 2.43. The van der Waals surface area contributed by atoms with E-state index in [1.165, 1.54) is 29.5 Å². The first-order valence-electron chi connectivity index (χ1n) is 8.86. The fraction of sp³-hybridized carbons (Fsp3) is 0.316. The summed E-state index contributed by atoms with van der Waals surface area (Å²) in [5, 5.41) is 5.17. The van der Waals surface area contributed by atoms with Crippen LogP contribution < -0.4 is 10.9 Å². The smallest absolute Gasteiger partial charge is 0.274 e. The minimum atomic E-state index is -0.427. The third kappa shape index (κ3) is 2.67. The van der Waals surface area contributed by atoms with Crippen molar-refractivity contribution in [2.24, 2.45) is 11.8 Å². The van der Waals surface area contributed by atoms with Gasteiger partial charge in [0.25, 0.3) is 11.5 Å². The number of aromatic nitrogens is 2. The summed E-state index contributed by atoms with van der Waals surface area (Å²) in [6, 6.07) is 7.53. The summed E-state index contributed by atoms with van der Waals surface area (Å²) in [6.07, 6.45) is 1.75. The second-order valence-electron chi connectivity index (χ2n) is 7.07. The first-order valence-corrected chi connectivity index (χ1v) is 9.74. The first-order chi connectivity index (χ1) is 13.1. The van der Waals surface area contributed by atoms with Crippen LogP contribution in [0.1, 0.15) is 22.1 Å². The van der Waals surface area contributed by atoms with Crippen LogP contribution >= 0.6 is 11.3 Å². The maximum atomic E-state index is 13.9. The summed E-state index contributed by atoms with van der Waals surface area (Å²) in [5.41, 5.74) is 0.673. The molecule has 1 N–H and O–H groups in total. The molecule has 2 saturated heterocycles. The zero-order valence-corrected chi connectivity index (χ0v) is 15.2. The Balaban J connectivity index is 1.60. The third-order valence-corrected chi connectivity index (χ3v) is 6.31. The van der Waals surface area contributed by atoms with E-state index in [2.05, 4.69) is 10.3 Å². The molecule has 6 nitrogen and oxygen atoms in total. The van der Waals surface area contributed by atoms with Crippen molar-refractivity contribution >= 4 is 22.2 Å². The maximum Gasteiger partial charge on any atom is 0.274 e. The standard InChI is InChI=1S/C19H17FN4O2S/c20-13-3-1-2-11(6-13)17-14-9-21-8-12(14)10-24(17)18(26)15-7-16(25)22-19-23(15)4-5-27-19/h1-7,12,14,17,21H,8-10H2/t12-,14-,17-/m0/s1. The molecule has 0 saturated carbocycles. The van der Waals surface area contributed by atoms with Gasteiger partial charge in [-0.1, -0.05) is 12.1 Å². The van der Waals surface area contributed by atoms with Gasteiger partial charge in [-0.05, 0) is 23.6 Å². The number of carbonyl (C=O) groups excluding carboxylic acids is 1. The van der Waals surface area contributed by atoms with Crippen LogP contribution in [0.4, 0.5) is 4.39 Å². The van der Waals surface area contributed by atoms with Crippen LogP contribution in [0.15, 0.2) is 46.7 Å². The van der Waals surface area contributed by atoms with Crippen LogP contribution in [-0.4, -0.2) is 39.8 Å². The summed E-state index contributed by atoms with van der Waals surface area (Å²) in [7, 11) is 0. The largest absolute Gasteiger partial charge is 0.330 e. The lowest BCUT2D eigenvalue weighted by Gasteiger charge is -2.28. The fourth-order valence-electron chi connectivity index (χ4n) is 4.41. The van der Waals surface area contributed by atoms with Crippen LogP contribution in [0.2, 0.25) is 0 Å². The highest BCUT2D eigenvalue weighted by atomic mass is 32.1. The number of benzene rings is 1. The van der Waals surface area contributed by atoms with Gasteiger partial charge in [-0.2, -0.15) is 4.98 Å². The Hall–Kier alpha value is -2.58. The normalized spacial score (nSPS) is 24.5. The Kier molecular flexibility index (Phi) is 3.84.